The summed E-state index contributed by atoms with van der Waals surface area (Å²) in [5.41, 5.74) is 2.20. The van der Waals surface area contributed by atoms with Crippen molar-refractivity contribution in [2.24, 2.45) is 0 Å². The maximum atomic E-state index is 5.91. The monoisotopic (exact) mass is 391 g/mol. The third kappa shape index (κ3) is 2.68. The lowest BCUT2D eigenvalue weighted by Gasteiger charge is -2.31. The number of fused-ring (bicyclic) bond motifs is 1. The lowest BCUT2D eigenvalue weighted by atomic mass is 10.3. The van der Waals surface area contributed by atoms with Crippen LogP contribution in [0.15, 0.2) is 18.2 Å². The molecular formula is C13H15ClIN3O. The summed E-state index contributed by atoms with van der Waals surface area (Å²) < 4.78 is 8.85. The summed E-state index contributed by atoms with van der Waals surface area (Å²) in [5, 5.41) is 2.30. The summed E-state index contributed by atoms with van der Waals surface area (Å²) in [6.07, 6.45) is 0.782. The van der Waals surface area contributed by atoms with E-state index >= 15 is 0 Å². The minimum Gasteiger partial charge on any atom is -0.378 e. The van der Waals surface area contributed by atoms with Crippen LogP contribution in [-0.2, 0) is 11.2 Å². The molecule has 1 aromatic heterocycles. The van der Waals surface area contributed by atoms with Gasteiger partial charge in [0.1, 0.15) is 5.82 Å². The van der Waals surface area contributed by atoms with E-state index in [0.717, 1.165) is 49.6 Å². The number of hydrogen-bond acceptors (Lipinski definition) is 3. The number of halogens is 2. The summed E-state index contributed by atoms with van der Waals surface area (Å²) in [7, 11) is 0. The topological polar surface area (TPSA) is 30.3 Å². The van der Waals surface area contributed by atoms with Crippen LogP contribution >= 0.6 is 34.2 Å². The lowest BCUT2D eigenvalue weighted by molar-refractivity contribution is 0.111. The second-order valence-corrected chi connectivity index (χ2v) is 6.10. The van der Waals surface area contributed by atoms with Crippen molar-refractivity contribution in [1.29, 1.82) is 0 Å². The number of ether oxygens (including phenoxy) is 1. The fourth-order valence-corrected chi connectivity index (χ4v) is 3.05. The van der Waals surface area contributed by atoms with Crippen molar-refractivity contribution < 1.29 is 4.74 Å². The zero-order valence-electron chi connectivity index (χ0n) is 10.5. The van der Waals surface area contributed by atoms with Crippen molar-refractivity contribution in [1.82, 2.24) is 9.66 Å². The minimum atomic E-state index is 0.588. The SMILES string of the molecule is ClCCc1nc2cc(I)ccc2n1N1CCOCC1. The Bertz CT molecular complexity index is 581. The Labute approximate surface area is 130 Å². The molecule has 0 atom stereocenters. The van der Waals surface area contributed by atoms with Crippen molar-refractivity contribution in [3.05, 3.63) is 27.6 Å². The van der Waals surface area contributed by atoms with Gasteiger partial charge in [0.2, 0.25) is 0 Å². The largest absolute Gasteiger partial charge is 0.378 e. The van der Waals surface area contributed by atoms with E-state index in [1.54, 1.807) is 0 Å². The molecule has 1 aliphatic rings. The highest BCUT2D eigenvalue weighted by atomic mass is 127. The highest BCUT2D eigenvalue weighted by molar-refractivity contribution is 14.1. The molecule has 1 aromatic carbocycles. The summed E-state index contributed by atoms with van der Waals surface area (Å²) >= 11 is 8.22. The van der Waals surface area contributed by atoms with E-state index < -0.39 is 0 Å². The zero-order chi connectivity index (χ0) is 13.2. The van der Waals surface area contributed by atoms with Crippen LogP contribution in [0.4, 0.5) is 0 Å². The number of aryl methyl sites for hydroxylation is 1. The highest BCUT2D eigenvalue weighted by Gasteiger charge is 2.18. The van der Waals surface area contributed by atoms with Gasteiger partial charge in [0.15, 0.2) is 0 Å². The summed E-state index contributed by atoms with van der Waals surface area (Å²) in [6.45, 7) is 3.33. The molecule has 2 heterocycles. The molecule has 0 aliphatic carbocycles. The molecule has 1 saturated heterocycles. The Morgan fingerprint density at radius 3 is 2.84 bits per heavy atom. The predicted molar refractivity (Wildman–Crippen MR) is 85.6 cm³/mol. The summed E-state index contributed by atoms with van der Waals surface area (Å²) in [6, 6.07) is 6.37. The molecule has 2 aromatic rings. The van der Waals surface area contributed by atoms with Gasteiger partial charge in [-0.05, 0) is 40.8 Å². The summed E-state index contributed by atoms with van der Waals surface area (Å²) in [5.74, 6) is 1.62. The van der Waals surface area contributed by atoms with Crippen LogP contribution in [0.3, 0.4) is 0 Å². The highest BCUT2D eigenvalue weighted by Crippen LogP contribution is 2.20. The van der Waals surface area contributed by atoms with Crippen molar-refractivity contribution in [3.63, 3.8) is 0 Å². The Kier molecular flexibility index (Phi) is 4.14. The zero-order valence-corrected chi connectivity index (χ0v) is 13.4. The van der Waals surface area contributed by atoms with Crippen LogP contribution in [0.25, 0.3) is 11.0 Å². The molecule has 0 amide bonds. The van der Waals surface area contributed by atoms with Crippen LogP contribution in [0.5, 0.6) is 0 Å². The average Bonchev–Trinajstić information content (AvgIpc) is 2.77. The summed E-state index contributed by atoms with van der Waals surface area (Å²) in [4.78, 5) is 4.73. The van der Waals surface area contributed by atoms with Crippen LogP contribution < -0.4 is 5.01 Å². The van der Waals surface area contributed by atoms with E-state index in [0.29, 0.717) is 5.88 Å². The van der Waals surface area contributed by atoms with Crippen LogP contribution in [0.2, 0.25) is 0 Å². The lowest BCUT2D eigenvalue weighted by Crippen LogP contribution is -2.44. The van der Waals surface area contributed by atoms with Crippen LogP contribution in [0.1, 0.15) is 5.82 Å². The first-order chi connectivity index (χ1) is 9.29. The fourth-order valence-electron chi connectivity index (χ4n) is 2.41. The maximum absolute atomic E-state index is 5.91. The molecule has 19 heavy (non-hydrogen) atoms. The third-order valence-electron chi connectivity index (χ3n) is 3.25. The van der Waals surface area contributed by atoms with Gasteiger partial charge in [-0.15, -0.1) is 11.6 Å². The predicted octanol–water partition coefficient (Wildman–Crippen LogP) is 2.39. The second-order valence-electron chi connectivity index (χ2n) is 4.48. The standard InChI is InChI=1S/C13H15ClIN3O/c14-4-3-13-16-11-9-10(15)1-2-12(11)18(13)17-5-7-19-8-6-17/h1-2,9H,3-8H2. The number of hydrogen-bond donors (Lipinski definition) is 0. The Balaban J connectivity index is 2.09. The van der Waals surface area contributed by atoms with Crippen LogP contribution in [0, 0.1) is 3.57 Å². The van der Waals surface area contributed by atoms with E-state index in [1.165, 1.54) is 3.57 Å². The molecule has 3 rings (SSSR count). The molecule has 0 bridgehead atoms. The van der Waals surface area contributed by atoms with Crippen molar-refractivity contribution in [3.8, 4) is 0 Å². The Hall–Kier alpha value is -0.530. The van der Waals surface area contributed by atoms with E-state index in [1.807, 2.05) is 0 Å². The van der Waals surface area contributed by atoms with Gasteiger partial charge in [0.05, 0.1) is 37.3 Å². The molecule has 0 saturated carbocycles. The second kappa shape index (κ2) is 5.85. The van der Waals surface area contributed by atoms with E-state index in [-0.39, 0.29) is 0 Å². The van der Waals surface area contributed by atoms with Gasteiger partial charge in [0, 0.05) is 15.9 Å². The van der Waals surface area contributed by atoms with Crippen LogP contribution in [-0.4, -0.2) is 41.8 Å². The number of nitrogens with zero attached hydrogens (tertiary/aromatic N) is 3. The van der Waals surface area contributed by atoms with Crippen molar-refractivity contribution in [2.75, 3.05) is 37.2 Å². The molecule has 1 aliphatic heterocycles. The van der Waals surface area contributed by atoms with Crippen molar-refractivity contribution in [2.45, 2.75) is 6.42 Å². The minimum absolute atomic E-state index is 0.588. The molecule has 0 N–H and O–H groups in total. The number of aromatic nitrogens is 2. The number of benzene rings is 1. The van der Waals surface area contributed by atoms with Gasteiger partial charge in [-0.3, -0.25) is 0 Å². The number of alkyl halides is 1. The molecule has 6 heteroatoms. The van der Waals surface area contributed by atoms with E-state index in [4.69, 9.17) is 21.3 Å². The molecule has 0 spiro atoms. The maximum Gasteiger partial charge on any atom is 0.130 e. The number of imidazole rings is 1. The van der Waals surface area contributed by atoms with Gasteiger partial charge in [-0.2, -0.15) is 0 Å². The van der Waals surface area contributed by atoms with E-state index in [2.05, 4.69) is 50.5 Å². The molecule has 1 fully saturated rings. The fraction of sp³-hybridized carbons (Fsp3) is 0.462. The van der Waals surface area contributed by atoms with Crippen molar-refractivity contribution >= 4 is 45.2 Å². The number of rotatable bonds is 3. The number of morpholine rings is 1. The molecule has 0 unspecified atom stereocenters. The normalized spacial score (nSPS) is 16.2. The molecular weight excluding hydrogens is 377 g/mol. The van der Waals surface area contributed by atoms with Gasteiger partial charge in [-0.25, -0.2) is 9.66 Å². The van der Waals surface area contributed by atoms with Gasteiger partial charge in [0.25, 0.3) is 0 Å². The first-order valence-corrected chi connectivity index (χ1v) is 7.97. The van der Waals surface area contributed by atoms with Gasteiger partial charge in [-0.1, -0.05) is 0 Å². The third-order valence-corrected chi connectivity index (χ3v) is 4.11. The average molecular weight is 392 g/mol. The first kappa shape index (κ1) is 13.5. The molecule has 102 valence electrons. The Morgan fingerprint density at radius 1 is 1.32 bits per heavy atom. The smallest absolute Gasteiger partial charge is 0.130 e. The Morgan fingerprint density at radius 2 is 2.11 bits per heavy atom. The first-order valence-electron chi connectivity index (χ1n) is 6.35. The molecule has 4 nitrogen and oxygen atoms in total. The van der Waals surface area contributed by atoms with Gasteiger partial charge < -0.3 is 9.75 Å². The quantitative estimate of drug-likeness (QED) is 0.594. The molecule has 0 radical (unpaired) electrons. The van der Waals surface area contributed by atoms with Gasteiger partial charge >= 0.3 is 0 Å². The van der Waals surface area contributed by atoms with E-state index in [9.17, 15) is 0 Å².